The summed E-state index contributed by atoms with van der Waals surface area (Å²) in [4.78, 5) is 26.3. The summed E-state index contributed by atoms with van der Waals surface area (Å²) in [6, 6.07) is -0.257. The topological polar surface area (TPSA) is 93.0 Å². The Morgan fingerprint density at radius 3 is 2.95 bits per heavy atom. The molecule has 1 N–H and O–H groups in total. The van der Waals surface area contributed by atoms with Crippen LogP contribution in [0, 0.1) is 0 Å². The van der Waals surface area contributed by atoms with Gasteiger partial charge in [0.2, 0.25) is 5.91 Å². The molecule has 0 aliphatic carbocycles. The van der Waals surface area contributed by atoms with Crippen molar-refractivity contribution in [3.8, 4) is 0 Å². The maximum absolute atomic E-state index is 12.8. The average molecular weight is 264 g/mol. The summed E-state index contributed by atoms with van der Waals surface area (Å²) in [5.41, 5.74) is -0.887. The first-order valence-corrected chi connectivity index (χ1v) is 6.36. The zero-order valence-electron chi connectivity index (χ0n) is 10.9. The minimum absolute atomic E-state index is 0.0605. The Morgan fingerprint density at radius 2 is 2.26 bits per heavy atom. The van der Waals surface area contributed by atoms with Gasteiger partial charge in [-0.3, -0.25) is 9.59 Å². The molecule has 2 amide bonds. The number of rotatable bonds is 2. The van der Waals surface area contributed by atoms with Gasteiger partial charge in [-0.05, 0) is 37.1 Å². The number of hydrogen-bond donors (Lipinski definition) is 1. The Balaban J connectivity index is 1.90. The van der Waals surface area contributed by atoms with Gasteiger partial charge in [-0.15, -0.1) is 5.10 Å². The average Bonchev–Trinajstić information content (AvgIpc) is 3.01. The first kappa shape index (κ1) is 12.1. The van der Waals surface area contributed by atoms with Crippen LogP contribution in [0.25, 0.3) is 0 Å². The van der Waals surface area contributed by atoms with Crippen molar-refractivity contribution in [1.82, 2.24) is 30.4 Å². The van der Waals surface area contributed by atoms with Gasteiger partial charge in [-0.1, -0.05) is 0 Å². The van der Waals surface area contributed by atoms with Crippen molar-refractivity contribution in [2.24, 2.45) is 0 Å². The van der Waals surface area contributed by atoms with Gasteiger partial charge in [0.05, 0.1) is 6.04 Å². The van der Waals surface area contributed by atoms with E-state index in [2.05, 4.69) is 20.8 Å². The van der Waals surface area contributed by atoms with Crippen LogP contribution in [0.15, 0.2) is 6.33 Å². The third-order valence-corrected chi connectivity index (χ3v) is 4.00. The van der Waals surface area contributed by atoms with Crippen LogP contribution in [0.4, 0.5) is 0 Å². The quantitative estimate of drug-likeness (QED) is 0.731. The lowest BCUT2D eigenvalue weighted by Gasteiger charge is -2.38. The Kier molecular flexibility index (Phi) is 2.54. The van der Waals surface area contributed by atoms with Crippen molar-refractivity contribution in [3.05, 3.63) is 6.33 Å². The predicted octanol–water partition coefficient (Wildman–Crippen LogP) is -1.10. The number of aromatic nitrogens is 4. The van der Waals surface area contributed by atoms with E-state index >= 15 is 0 Å². The monoisotopic (exact) mass is 264 g/mol. The van der Waals surface area contributed by atoms with E-state index in [9.17, 15) is 9.59 Å². The van der Waals surface area contributed by atoms with Gasteiger partial charge in [0.1, 0.15) is 17.9 Å². The van der Waals surface area contributed by atoms with Gasteiger partial charge >= 0.3 is 0 Å². The number of tetrazole rings is 1. The fourth-order valence-corrected chi connectivity index (χ4v) is 2.82. The summed E-state index contributed by atoms with van der Waals surface area (Å²) < 4.78 is 1.43. The first-order chi connectivity index (χ1) is 9.01. The van der Waals surface area contributed by atoms with Gasteiger partial charge in [-0.25, -0.2) is 4.68 Å². The van der Waals surface area contributed by atoms with E-state index in [4.69, 9.17) is 0 Å². The number of piperazine rings is 1. The van der Waals surface area contributed by atoms with Crippen LogP contribution in [0.1, 0.15) is 26.7 Å². The highest BCUT2D eigenvalue weighted by molar-refractivity contribution is 5.92. The maximum atomic E-state index is 12.8. The molecule has 0 aromatic carbocycles. The third kappa shape index (κ3) is 1.70. The van der Waals surface area contributed by atoms with E-state index in [0.29, 0.717) is 6.54 Å². The molecule has 1 aromatic rings. The molecule has 102 valence electrons. The normalized spacial score (nSPS) is 26.4. The van der Waals surface area contributed by atoms with Crippen LogP contribution in [0.5, 0.6) is 0 Å². The van der Waals surface area contributed by atoms with Crippen LogP contribution >= 0.6 is 0 Å². The number of nitrogens with one attached hydrogen (secondary N) is 1. The zero-order chi connectivity index (χ0) is 13.6. The number of hydrogen-bond acceptors (Lipinski definition) is 5. The van der Waals surface area contributed by atoms with Crippen LogP contribution in [0.2, 0.25) is 0 Å². The second-order valence-electron chi connectivity index (χ2n) is 5.52. The third-order valence-electron chi connectivity index (χ3n) is 4.00. The van der Waals surface area contributed by atoms with Gasteiger partial charge in [-0.2, -0.15) is 0 Å². The zero-order valence-corrected chi connectivity index (χ0v) is 10.9. The van der Waals surface area contributed by atoms with E-state index in [-0.39, 0.29) is 23.9 Å². The highest BCUT2D eigenvalue weighted by Gasteiger charge is 2.49. The largest absolute Gasteiger partial charge is 0.352 e. The van der Waals surface area contributed by atoms with E-state index in [0.717, 1.165) is 12.8 Å². The molecular formula is C11H16N6O2. The molecule has 2 unspecified atom stereocenters. The van der Waals surface area contributed by atoms with Crippen molar-refractivity contribution >= 4 is 11.8 Å². The second kappa shape index (κ2) is 4.01. The van der Waals surface area contributed by atoms with Crippen molar-refractivity contribution in [2.45, 2.75) is 44.3 Å². The number of amides is 2. The molecule has 2 aliphatic rings. The lowest BCUT2D eigenvalue weighted by Crippen LogP contribution is -2.61. The van der Waals surface area contributed by atoms with Crippen LogP contribution < -0.4 is 5.32 Å². The molecule has 2 bridgehead atoms. The minimum atomic E-state index is -0.887. The highest BCUT2D eigenvalue weighted by Crippen LogP contribution is 2.31. The SMILES string of the molecule is CC(C)(C(=O)N1C2CCC1C(=O)NC2)n1cnnn1. The highest BCUT2D eigenvalue weighted by atomic mass is 16.2. The number of carbonyl (C=O) groups is 2. The molecule has 1 aromatic heterocycles. The number of fused-ring (bicyclic) bond motifs is 2. The number of nitrogens with zero attached hydrogens (tertiary/aromatic N) is 5. The van der Waals surface area contributed by atoms with Crippen molar-refractivity contribution in [3.63, 3.8) is 0 Å². The van der Waals surface area contributed by atoms with Crippen molar-refractivity contribution in [2.75, 3.05) is 6.54 Å². The molecule has 3 heterocycles. The molecule has 8 heteroatoms. The maximum Gasteiger partial charge on any atom is 0.251 e. The summed E-state index contributed by atoms with van der Waals surface area (Å²) in [5.74, 6) is -0.170. The standard InChI is InChI=1S/C11H16N6O2/c1-11(2,16-6-13-14-15-16)10(19)17-7-3-4-8(17)9(18)12-5-7/h6-8H,3-5H2,1-2H3,(H,12,18). The van der Waals surface area contributed by atoms with Gasteiger partial charge in [0.25, 0.3) is 5.91 Å². The summed E-state index contributed by atoms with van der Waals surface area (Å²) in [5, 5.41) is 13.8. The number of carbonyl (C=O) groups excluding carboxylic acids is 2. The van der Waals surface area contributed by atoms with E-state index in [1.807, 2.05) is 0 Å². The van der Waals surface area contributed by atoms with E-state index in [1.165, 1.54) is 11.0 Å². The summed E-state index contributed by atoms with van der Waals surface area (Å²) in [6.45, 7) is 4.06. The van der Waals surface area contributed by atoms with Gasteiger partial charge in [0, 0.05) is 6.54 Å². The summed E-state index contributed by atoms with van der Waals surface area (Å²) >= 11 is 0. The summed E-state index contributed by atoms with van der Waals surface area (Å²) in [6.07, 6.45) is 3.01. The smallest absolute Gasteiger partial charge is 0.251 e. The van der Waals surface area contributed by atoms with E-state index in [1.54, 1.807) is 18.7 Å². The first-order valence-electron chi connectivity index (χ1n) is 6.36. The lowest BCUT2D eigenvalue weighted by molar-refractivity contribution is -0.149. The molecule has 0 saturated carbocycles. The molecule has 0 radical (unpaired) electrons. The fraction of sp³-hybridized carbons (Fsp3) is 0.727. The molecule has 8 nitrogen and oxygen atoms in total. The fourth-order valence-electron chi connectivity index (χ4n) is 2.82. The Labute approximate surface area is 110 Å². The van der Waals surface area contributed by atoms with Gasteiger partial charge < -0.3 is 10.2 Å². The van der Waals surface area contributed by atoms with Crippen LogP contribution in [-0.4, -0.2) is 55.5 Å². The molecule has 2 aliphatic heterocycles. The molecule has 19 heavy (non-hydrogen) atoms. The molecule has 0 spiro atoms. The van der Waals surface area contributed by atoms with Crippen molar-refractivity contribution < 1.29 is 9.59 Å². The molecule has 2 atom stereocenters. The minimum Gasteiger partial charge on any atom is -0.352 e. The Morgan fingerprint density at radius 1 is 1.47 bits per heavy atom. The Bertz CT molecular complexity index is 511. The van der Waals surface area contributed by atoms with Crippen molar-refractivity contribution in [1.29, 1.82) is 0 Å². The Hall–Kier alpha value is -1.99. The second-order valence-corrected chi connectivity index (χ2v) is 5.52. The van der Waals surface area contributed by atoms with Gasteiger partial charge in [0.15, 0.2) is 0 Å². The molecule has 2 fully saturated rings. The summed E-state index contributed by atoms with van der Waals surface area (Å²) in [7, 11) is 0. The lowest BCUT2D eigenvalue weighted by atomic mass is 10.0. The van der Waals surface area contributed by atoms with Crippen LogP contribution in [-0.2, 0) is 15.1 Å². The van der Waals surface area contributed by atoms with E-state index < -0.39 is 5.54 Å². The molecular weight excluding hydrogens is 248 g/mol. The molecule has 2 saturated heterocycles. The molecule has 3 rings (SSSR count). The van der Waals surface area contributed by atoms with Crippen LogP contribution in [0.3, 0.4) is 0 Å². The predicted molar refractivity (Wildman–Crippen MR) is 63.8 cm³/mol.